The SMILES string of the molecule is COCCOCC(O)COc1ccc2c(c1)CCCC2O. The van der Waals surface area contributed by atoms with Crippen LogP contribution in [0.1, 0.15) is 30.1 Å². The van der Waals surface area contributed by atoms with Crippen LogP contribution in [0.5, 0.6) is 5.75 Å². The Balaban J connectivity index is 1.78. The average Bonchev–Trinajstić information content (AvgIpc) is 2.50. The molecule has 5 nitrogen and oxygen atoms in total. The zero-order valence-corrected chi connectivity index (χ0v) is 12.5. The summed E-state index contributed by atoms with van der Waals surface area (Å²) in [6.45, 7) is 1.40. The lowest BCUT2D eigenvalue weighted by Gasteiger charge is -2.22. The summed E-state index contributed by atoms with van der Waals surface area (Å²) in [4.78, 5) is 0. The summed E-state index contributed by atoms with van der Waals surface area (Å²) in [5.41, 5.74) is 2.13. The summed E-state index contributed by atoms with van der Waals surface area (Å²) < 4.78 is 15.7. The van der Waals surface area contributed by atoms with Gasteiger partial charge in [0.15, 0.2) is 0 Å². The first-order chi connectivity index (χ1) is 10.2. The minimum absolute atomic E-state index is 0.189. The van der Waals surface area contributed by atoms with E-state index in [1.807, 2.05) is 18.2 Å². The molecule has 0 aromatic heterocycles. The van der Waals surface area contributed by atoms with Gasteiger partial charge in [0.2, 0.25) is 0 Å². The first kappa shape index (κ1) is 16.2. The third kappa shape index (κ3) is 4.97. The molecular weight excluding hydrogens is 272 g/mol. The van der Waals surface area contributed by atoms with E-state index >= 15 is 0 Å². The van der Waals surface area contributed by atoms with Gasteiger partial charge in [0.25, 0.3) is 0 Å². The molecule has 2 unspecified atom stereocenters. The van der Waals surface area contributed by atoms with Crippen LogP contribution in [0.25, 0.3) is 0 Å². The molecule has 1 aliphatic rings. The van der Waals surface area contributed by atoms with Crippen LogP contribution >= 0.6 is 0 Å². The van der Waals surface area contributed by atoms with Gasteiger partial charge < -0.3 is 24.4 Å². The third-order valence-corrected chi connectivity index (χ3v) is 3.58. The highest BCUT2D eigenvalue weighted by atomic mass is 16.5. The van der Waals surface area contributed by atoms with Gasteiger partial charge in [-0.3, -0.25) is 0 Å². The molecule has 0 bridgehead atoms. The van der Waals surface area contributed by atoms with E-state index in [1.165, 1.54) is 0 Å². The molecule has 0 radical (unpaired) electrons. The van der Waals surface area contributed by atoms with E-state index in [2.05, 4.69) is 0 Å². The lowest BCUT2D eigenvalue weighted by molar-refractivity contribution is -0.00421. The molecule has 0 spiro atoms. The summed E-state index contributed by atoms with van der Waals surface area (Å²) in [5, 5.41) is 19.7. The van der Waals surface area contributed by atoms with Gasteiger partial charge in [-0.15, -0.1) is 0 Å². The molecule has 2 N–H and O–H groups in total. The maximum atomic E-state index is 9.90. The predicted octanol–water partition coefficient (Wildman–Crippen LogP) is 1.46. The van der Waals surface area contributed by atoms with E-state index in [9.17, 15) is 10.2 Å². The Morgan fingerprint density at radius 2 is 2.14 bits per heavy atom. The van der Waals surface area contributed by atoms with Crippen molar-refractivity contribution in [2.45, 2.75) is 31.5 Å². The fourth-order valence-corrected chi connectivity index (χ4v) is 2.46. The highest BCUT2D eigenvalue weighted by Gasteiger charge is 2.18. The van der Waals surface area contributed by atoms with Gasteiger partial charge in [-0.2, -0.15) is 0 Å². The second-order valence-corrected chi connectivity index (χ2v) is 5.30. The molecule has 1 aromatic rings. The van der Waals surface area contributed by atoms with Crippen molar-refractivity contribution in [1.82, 2.24) is 0 Å². The third-order valence-electron chi connectivity index (χ3n) is 3.58. The van der Waals surface area contributed by atoms with Gasteiger partial charge in [-0.05, 0) is 42.5 Å². The number of methoxy groups -OCH3 is 1. The Hall–Kier alpha value is -1.14. The number of benzene rings is 1. The van der Waals surface area contributed by atoms with E-state index in [4.69, 9.17) is 14.2 Å². The van der Waals surface area contributed by atoms with E-state index < -0.39 is 6.10 Å². The van der Waals surface area contributed by atoms with Crippen LogP contribution in [0.3, 0.4) is 0 Å². The molecule has 0 saturated carbocycles. The van der Waals surface area contributed by atoms with Crippen LogP contribution in [0.15, 0.2) is 18.2 Å². The van der Waals surface area contributed by atoms with Crippen molar-refractivity contribution in [3.05, 3.63) is 29.3 Å². The standard InChI is InChI=1S/C16H24O5/c1-19-7-8-20-10-13(17)11-21-14-5-6-15-12(9-14)3-2-4-16(15)18/h5-6,9,13,16-18H,2-4,7-8,10-11H2,1H3. The highest BCUT2D eigenvalue weighted by molar-refractivity contribution is 5.38. The molecule has 2 rings (SSSR count). The van der Waals surface area contributed by atoms with Gasteiger partial charge >= 0.3 is 0 Å². The number of rotatable bonds is 8. The lowest BCUT2D eigenvalue weighted by Crippen LogP contribution is -2.24. The molecule has 1 aliphatic carbocycles. The Bertz CT molecular complexity index is 435. The van der Waals surface area contributed by atoms with Crippen molar-refractivity contribution in [1.29, 1.82) is 0 Å². The molecule has 1 aromatic carbocycles. The van der Waals surface area contributed by atoms with E-state index in [1.54, 1.807) is 7.11 Å². The number of fused-ring (bicyclic) bond motifs is 1. The van der Waals surface area contributed by atoms with Gasteiger partial charge in [-0.1, -0.05) is 6.07 Å². The van der Waals surface area contributed by atoms with E-state index in [0.29, 0.717) is 13.2 Å². The topological polar surface area (TPSA) is 68.2 Å². The average molecular weight is 296 g/mol. The maximum absolute atomic E-state index is 9.90. The van der Waals surface area contributed by atoms with Gasteiger partial charge in [0.05, 0.1) is 25.9 Å². The number of hydrogen-bond donors (Lipinski definition) is 2. The molecule has 5 heteroatoms. The van der Waals surface area contributed by atoms with Crippen molar-refractivity contribution in [2.75, 3.05) is 33.5 Å². The predicted molar refractivity (Wildman–Crippen MR) is 78.5 cm³/mol. The first-order valence-corrected chi connectivity index (χ1v) is 7.39. The van der Waals surface area contributed by atoms with Crippen molar-refractivity contribution in [3.8, 4) is 5.75 Å². The second-order valence-electron chi connectivity index (χ2n) is 5.30. The fourth-order valence-electron chi connectivity index (χ4n) is 2.46. The summed E-state index contributed by atoms with van der Waals surface area (Å²) in [6.07, 6.45) is 1.76. The zero-order chi connectivity index (χ0) is 15.1. The molecule has 118 valence electrons. The van der Waals surface area contributed by atoms with Crippen LogP contribution in [-0.4, -0.2) is 49.9 Å². The second kappa shape index (κ2) is 8.34. The number of hydrogen-bond acceptors (Lipinski definition) is 5. The van der Waals surface area contributed by atoms with E-state index in [0.717, 1.165) is 36.1 Å². The number of ether oxygens (including phenoxy) is 3. The van der Waals surface area contributed by atoms with Crippen molar-refractivity contribution in [2.24, 2.45) is 0 Å². The van der Waals surface area contributed by atoms with Gasteiger partial charge in [0, 0.05) is 7.11 Å². The lowest BCUT2D eigenvalue weighted by atomic mass is 9.89. The number of aliphatic hydroxyl groups is 2. The Kier molecular flexibility index (Phi) is 6.45. The molecule has 0 aliphatic heterocycles. The van der Waals surface area contributed by atoms with Crippen LogP contribution in [-0.2, 0) is 15.9 Å². The van der Waals surface area contributed by atoms with Gasteiger partial charge in [-0.25, -0.2) is 0 Å². The summed E-state index contributed by atoms with van der Waals surface area (Å²) in [6, 6.07) is 5.71. The maximum Gasteiger partial charge on any atom is 0.119 e. The molecule has 0 saturated heterocycles. The largest absolute Gasteiger partial charge is 0.491 e. The van der Waals surface area contributed by atoms with E-state index in [-0.39, 0.29) is 19.3 Å². The molecule has 0 fully saturated rings. The molecule has 2 atom stereocenters. The molecule has 21 heavy (non-hydrogen) atoms. The van der Waals surface area contributed by atoms with Crippen LogP contribution in [0.4, 0.5) is 0 Å². The molecule has 0 amide bonds. The van der Waals surface area contributed by atoms with Crippen LogP contribution in [0, 0.1) is 0 Å². The smallest absolute Gasteiger partial charge is 0.119 e. The molecular formula is C16H24O5. The molecule has 0 heterocycles. The van der Waals surface area contributed by atoms with Crippen molar-refractivity contribution < 1.29 is 24.4 Å². The highest BCUT2D eigenvalue weighted by Crippen LogP contribution is 2.31. The summed E-state index contributed by atoms with van der Waals surface area (Å²) in [5.74, 6) is 0.721. The Labute approximate surface area is 125 Å². The summed E-state index contributed by atoms with van der Waals surface area (Å²) in [7, 11) is 1.61. The zero-order valence-electron chi connectivity index (χ0n) is 12.5. The number of aryl methyl sites for hydroxylation is 1. The Morgan fingerprint density at radius 1 is 1.29 bits per heavy atom. The summed E-state index contributed by atoms with van der Waals surface area (Å²) >= 11 is 0. The Morgan fingerprint density at radius 3 is 2.95 bits per heavy atom. The van der Waals surface area contributed by atoms with Crippen molar-refractivity contribution in [3.63, 3.8) is 0 Å². The van der Waals surface area contributed by atoms with Crippen LogP contribution in [0.2, 0.25) is 0 Å². The van der Waals surface area contributed by atoms with Gasteiger partial charge in [0.1, 0.15) is 18.5 Å². The van der Waals surface area contributed by atoms with Crippen LogP contribution < -0.4 is 4.74 Å². The monoisotopic (exact) mass is 296 g/mol. The minimum atomic E-state index is -0.663. The fraction of sp³-hybridized carbons (Fsp3) is 0.625. The first-order valence-electron chi connectivity index (χ1n) is 7.39. The minimum Gasteiger partial charge on any atom is -0.491 e. The van der Waals surface area contributed by atoms with Crippen molar-refractivity contribution >= 4 is 0 Å². The normalized spacial score (nSPS) is 19.1. The quantitative estimate of drug-likeness (QED) is 0.711. The number of aliphatic hydroxyl groups excluding tert-OH is 2.